The van der Waals surface area contributed by atoms with Gasteiger partial charge in [0.15, 0.2) is 5.13 Å². The van der Waals surface area contributed by atoms with Crippen molar-refractivity contribution >= 4 is 34.0 Å². The van der Waals surface area contributed by atoms with Gasteiger partial charge in [-0.05, 0) is 30.5 Å². The van der Waals surface area contributed by atoms with Gasteiger partial charge in [-0.15, -0.1) is 11.3 Å². The van der Waals surface area contributed by atoms with Crippen molar-refractivity contribution in [2.24, 2.45) is 0 Å². The van der Waals surface area contributed by atoms with Crippen LogP contribution >= 0.6 is 11.3 Å². The van der Waals surface area contributed by atoms with Crippen molar-refractivity contribution in [2.75, 3.05) is 4.90 Å². The number of amides is 1. The first-order valence-corrected chi connectivity index (χ1v) is 10.1. The molecule has 0 aliphatic heterocycles. The maximum atomic E-state index is 14.2. The highest BCUT2D eigenvalue weighted by atomic mass is 32.1. The Bertz CT molecular complexity index is 1050. The minimum Gasteiger partial charge on any atom is -0.458 e. The lowest BCUT2D eigenvalue weighted by Gasteiger charge is -2.18. The third kappa shape index (κ3) is 3.78. The van der Waals surface area contributed by atoms with Gasteiger partial charge >= 0.3 is 5.97 Å². The van der Waals surface area contributed by atoms with E-state index in [4.69, 9.17) is 4.74 Å². The molecule has 1 aliphatic rings. The lowest BCUT2D eigenvalue weighted by atomic mass is 9.96. The van der Waals surface area contributed by atoms with E-state index in [1.807, 2.05) is 30.3 Å². The summed E-state index contributed by atoms with van der Waals surface area (Å²) in [4.78, 5) is 30.4. The van der Waals surface area contributed by atoms with Crippen molar-refractivity contribution in [1.29, 1.82) is 0 Å². The predicted molar refractivity (Wildman–Crippen MR) is 108 cm³/mol. The zero-order chi connectivity index (χ0) is 20.4. The highest BCUT2D eigenvalue weighted by Gasteiger charge is 2.52. The van der Waals surface area contributed by atoms with E-state index in [0.29, 0.717) is 10.8 Å². The smallest absolute Gasteiger partial charge is 0.316 e. The second-order valence-electron chi connectivity index (χ2n) is 6.95. The standard InChI is InChI=1S/C22H19FN2O3S/c1-15(26)25(19-10-6-5-9-18(19)23)21-24-17(14-29-21)13-28-20(27)22(11-12-22)16-7-3-2-4-8-16/h2-10,14H,11-13H2,1H3. The molecule has 3 aromatic rings. The van der Waals surface area contributed by atoms with Gasteiger partial charge in [-0.25, -0.2) is 9.37 Å². The number of para-hydroxylation sites is 1. The molecule has 0 bridgehead atoms. The summed E-state index contributed by atoms with van der Waals surface area (Å²) in [5.41, 5.74) is 1.06. The van der Waals surface area contributed by atoms with Crippen LogP contribution < -0.4 is 4.90 Å². The molecule has 0 saturated heterocycles. The number of aromatic nitrogens is 1. The molecule has 1 aliphatic carbocycles. The number of carbonyl (C=O) groups excluding carboxylic acids is 2. The van der Waals surface area contributed by atoms with Crippen molar-refractivity contribution in [3.05, 3.63) is 77.1 Å². The van der Waals surface area contributed by atoms with Crippen molar-refractivity contribution in [3.63, 3.8) is 0 Å². The van der Waals surface area contributed by atoms with E-state index in [1.165, 1.54) is 35.3 Å². The zero-order valence-corrected chi connectivity index (χ0v) is 16.6. The highest BCUT2D eigenvalue weighted by molar-refractivity contribution is 7.14. The molecule has 0 N–H and O–H groups in total. The summed E-state index contributed by atoms with van der Waals surface area (Å²) in [5.74, 6) is -1.13. The molecule has 0 radical (unpaired) electrons. The topological polar surface area (TPSA) is 59.5 Å². The Hall–Kier alpha value is -3.06. The Morgan fingerprint density at radius 3 is 2.48 bits per heavy atom. The molecule has 5 nitrogen and oxygen atoms in total. The Labute approximate surface area is 171 Å². The molecule has 2 aromatic carbocycles. The fourth-order valence-corrected chi connectivity index (χ4v) is 4.14. The third-order valence-electron chi connectivity index (χ3n) is 4.96. The Kier molecular flexibility index (Phi) is 5.15. The van der Waals surface area contributed by atoms with E-state index in [0.717, 1.165) is 18.4 Å². The average molecular weight is 410 g/mol. The molecular formula is C22H19FN2O3S. The number of benzene rings is 2. The van der Waals surface area contributed by atoms with Crippen LogP contribution in [0.4, 0.5) is 15.2 Å². The summed E-state index contributed by atoms with van der Waals surface area (Å²) in [7, 11) is 0. The number of thiazole rings is 1. The van der Waals surface area contributed by atoms with Gasteiger partial charge in [0.05, 0.1) is 16.8 Å². The van der Waals surface area contributed by atoms with Crippen molar-refractivity contribution in [1.82, 2.24) is 4.98 Å². The van der Waals surface area contributed by atoms with E-state index in [2.05, 4.69) is 4.98 Å². The average Bonchev–Trinajstić information content (AvgIpc) is 3.42. The summed E-state index contributed by atoms with van der Waals surface area (Å²) in [5, 5.41) is 2.04. The zero-order valence-electron chi connectivity index (χ0n) is 15.8. The molecule has 1 fully saturated rings. The number of ether oxygens (including phenoxy) is 1. The Balaban J connectivity index is 1.48. The fourth-order valence-electron chi connectivity index (χ4n) is 3.28. The molecule has 0 atom stereocenters. The number of carbonyl (C=O) groups is 2. The van der Waals surface area contributed by atoms with Gasteiger partial charge < -0.3 is 4.74 Å². The molecule has 1 saturated carbocycles. The Morgan fingerprint density at radius 1 is 1.14 bits per heavy atom. The SMILES string of the molecule is CC(=O)N(c1nc(COC(=O)C2(c3ccccc3)CC2)cs1)c1ccccc1F. The summed E-state index contributed by atoms with van der Waals surface area (Å²) in [6, 6.07) is 15.6. The number of halogens is 1. The van der Waals surface area contributed by atoms with Gasteiger partial charge in [0, 0.05) is 12.3 Å². The van der Waals surface area contributed by atoms with Crippen LogP contribution in [0.2, 0.25) is 0 Å². The number of hydrogen-bond acceptors (Lipinski definition) is 5. The second kappa shape index (κ2) is 7.75. The molecule has 0 spiro atoms. The summed E-state index contributed by atoms with van der Waals surface area (Å²) >= 11 is 1.20. The number of nitrogens with zero attached hydrogens (tertiary/aromatic N) is 2. The molecule has 148 valence electrons. The van der Waals surface area contributed by atoms with Crippen LogP contribution in [0.25, 0.3) is 0 Å². The largest absolute Gasteiger partial charge is 0.458 e. The van der Waals surface area contributed by atoms with Crippen LogP contribution in [0, 0.1) is 5.82 Å². The van der Waals surface area contributed by atoms with Gasteiger partial charge in [-0.3, -0.25) is 14.5 Å². The molecular weight excluding hydrogens is 391 g/mol. The minimum atomic E-state index is -0.557. The fraction of sp³-hybridized carbons (Fsp3) is 0.227. The quantitative estimate of drug-likeness (QED) is 0.551. The van der Waals surface area contributed by atoms with Crippen LogP contribution in [0.15, 0.2) is 60.0 Å². The van der Waals surface area contributed by atoms with Crippen molar-refractivity contribution in [3.8, 4) is 0 Å². The molecule has 4 rings (SSSR count). The first-order valence-electron chi connectivity index (χ1n) is 9.24. The first-order chi connectivity index (χ1) is 14.0. The van der Waals surface area contributed by atoms with Crippen LogP contribution in [-0.4, -0.2) is 16.9 Å². The predicted octanol–water partition coefficient (Wildman–Crippen LogP) is 4.74. The molecule has 1 heterocycles. The Morgan fingerprint density at radius 2 is 1.83 bits per heavy atom. The van der Waals surface area contributed by atoms with Crippen LogP contribution in [0.5, 0.6) is 0 Å². The maximum Gasteiger partial charge on any atom is 0.316 e. The van der Waals surface area contributed by atoms with Gasteiger partial charge in [0.1, 0.15) is 12.4 Å². The van der Waals surface area contributed by atoms with Gasteiger partial charge in [-0.1, -0.05) is 42.5 Å². The molecule has 7 heteroatoms. The summed E-state index contributed by atoms with van der Waals surface area (Å²) < 4.78 is 19.7. The normalized spacial score (nSPS) is 14.3. The second-order valence-corrected chi connectivity index (χ2v) is 7.79. The van der Waals surface area contributed by atoms with Crippen molar-refractivity contribution in [2.45, 2.75) is 31.8 Å². The lowest BCUT2D eigenvalue weighted by molar-refractivity contribution is -0.148. The number of rotatable bonds is 6. The monoisotopic (exact) mass is 410 g/mol. The number of hydrogen-bond donors (Lipinski definition) is 0. The molecule has 0 unspecified atom stereocenters. The minimum absolute atomic E-state index is 0.00688. The van der Waals surface area contributed by atoms with Gasteiger partial charge in [-0.2, -0.15) is 0 Å². The maximum absolute atomic E-state index is 14.2. The van der Waals surface area contributed by atoms with Gasteiger partial charge in [0.25, 0.3) is 0 Å². The van der Waals surface area contributed by atoms with Crippen LogP contribution in [-0.2, 0) is 26.3 Å². The lowest BCUT2D eigenvalue weighted by Crippen LogP contribution is -2.24. The van der Waals surface area contributed by atoms with Crippen molar-refractivity contribution < 1.29 is 18.7 Å². The van der Waals surface area contributed by atoms with E-state index in [9.17, 15) is 14.0 Å². The van der Waals surface area contributed by atoms with E-state index >= 15 is 0 Å². The van der Waals surface area contributed by atoms with Crippen LogP contribution in [0.1, 0.15) is 31.0 Å². The molecule has 1 amide bonds. The summed E-state index contributed by atoms with van der Waals surface area (Å²) in [6.45, 7) is 1.36. The number of anilines is 2. The first kappa shape index (κ1) is 19.3. The van der Waals surface area contributed by atoms with E-state index in [-0.39, 0.29) is 24.2 Å². The highest BCUT2D eigenvalue weighted by Crippen LogP contribution is 2.49. The third-order valence-corrected chi connectivity index (χ3v) is 5.83. The van der Waals surface area contributed by atoms with Gasteiger partial charge in [0.2, 0.25) is 5.91 Å². The molecule has 29 heavy (non-hydrogen) atoms. The number of esters is 1. The molecule has 1 aromatic heterocycles. The van der Waals surface area contributed by atoms with Crippen LogP contribution in [0.3, 0.4) is 0 Å². The van der Waals surface area contributed by atoms with E-state index in [1.54, 1.807) is 17.5 Å². The van der Waals surface area contributed by atoms with E-state index < -0.39 is 11.2 Å². The summed E-state index contributed by atoms with van der Waals surface area (Å²) in [6.07, 6.45) is 1.53.